The monoisotopic (exact) mass is 368 g/mol. The summed E-state index contributed by atoms with van der Waals surface area (Å²) >= 11 is 0. The molecule has 26 heavy (non-hydrogen) atoms. The van der Waals surface area contributed by atoms with E-state index < -0.39 is 5.97 Å². The Bertz CT molecular complexity index is 352. The van der Waals surface area contributed by atoms with Crippen molar-refractivity contribution in [2.24, 2.45) is 0 Å². The average Bonchev–Trinajstić information content (AvgIpc) is 2.60. The maximum atomic E-state index is 11.1. The fourth-order valence-electron chi connectivity index (χ4n) is 3.17. The summed E-state index contributed by atoms with van der Waals surface area (Å²) in [6.07, 6.45) is 21.6. The predicted molar refractivity (Wildman–Crippen MR) is 107 cm³/mol. The van der Waals surface area contributed by atoms with Crippen molar-refractivity contribution < 1.29 is 19.4 Å². The lowest BCUT2D eigenvalue weighted by Crippen LogP contribution is -1.98. The second-order valence-corrected chi connectivity index (χ2v) is 7.21. The summed E-state index contributed by atoms with van der Waals surface area (Å²) in [7, 11) is 0. The van der Waals surface area contributed by atoms with E-state index in [4.69, 9.17) is 5.11 Å². The highest BCUT2D eigenvalue weighted by molar-refractivity contribution is 5.69. The van der Waals surface area contributed by atoms with Crippen LogP contribution in [0.25, 0.3) is 0 Å². The lowest BCUT2D eigenvalue weighted by molar-refractivity contribution is -0.138. The molecule has 0 radical (unpaired) electrons. The highest BCUT2D eigenvalue weighted by atomic mass is 16.5. The smallest absolute Gasteiger partial charge is 0.310 e. The molecule has 0 aromatic heterocycles. The quantitative estimate of drug-likeness (QED) is 0.146. The van der Waals surface area contributed by atoms with Gasteiger partial charge in [0.15, 0.2) is 0 Å². The molecule has 0 atom stereocenters. The SMILES string of the molecule is C=COC(=O)CCCCCCCCCCCCCCCCCCC(=O)O. The Balaban J connectivity index is 3.06. The van der Waals surface area contributed by atoms with Gasteiger partial charge in [-0.3, -0.25) is 9.59 Å². The number of aliphatic carboxylic acids is 1. The zero-order chi connectivity index (χ0) is 19.3. The first-order valence-corrected chi connectivity index (χ1v) is 10.7. The fourth-order valence-corrected chi connectivity index (χ4v) is 3.17. The molecule has 0 saturated heterocycles. The van der Waals surface area contributed by atoms with Crippen molar-refractivity contribution in [3.05, 3.63) is 12.8 Å². The number of rotatable bonds is 20. The average molecular weight is 369 g/mol. The van der Waals surface area contributed by atoms with Gasteiger partial charge >= 0.3 is 11.9 Å². The second kappa shape index (κ2) is 20.0. The lowest BCUT2D eigenvalue weighted by Gasteiger charge is -2.03. The molecule has 0 aromatic carbocycles. The van der Waals surface area contributed by atoms with Crippen LogP contribution in [-0.2, 0) is 14.3 Å². The number of carboxylic acid groups (broad SMARTS) is 1. The van der Waals surface area contributed by atoms with E-state index in [-0.39, 0.29) is 5.97 Å². The molecule has 0 aliphatic rings. The van der Waals surface area contributed by atoms with Gasteiger partial charge in [-0.1, -0.05) is 96.5 Å². The molecule has 0 aromatic rings. The van der Waals surface area contributed by atoms with Crippen LogP contribution in [0.5, 0.6) is 0 Å². The van der Waals surface area contributed by atoms with E-state index in [0.29, 0.717) is 12.8 Å². The summed E-state index contributed by atoms with van der Waals surface area (Å²) in [5, 5.41) is 8.56. The molecular formula is C22H40O4. The van der Waals surface area contributed by atoms with Crippen molar-refractivity contribution in [2.75, 3.05) is 0 Å². The topological polar surface area (TPSA) is 63.6 Å². The van der Waals surface area contributed by atoms with Crippen LogP contribution in [0.2, 0.25) is 0 Å². The zero-order valence-electron chi connectivity index (χ0n) is 16.7. The first-order chi connectivity index (χ1) is 12.7. The van der Waals surface area contributed by atoms with Crippen LogP contribution >= 0.6 is 0 Å². The largest absolute Gasteiger partial charge is 0.481 e. The van der Waals surface area contributed by atoms with Crippen LogP contribution in [-0.4, -0.2) is 17.0 Å². The summed E-state index contributed by atoms with van der Waals surface area (Å²) in [6.45, 7) is 3.37. The Kier molecular flexibility index (Phi) is 19.0. The van der Waals surface area contributed by atoms with Gasteiger partial charge < -0.3 is 9.84 Å². The molecule has 0 unspecified atom stereocenters. The number of ether oxygens (including phenoxy) is 1. The molecule has 0 amide bonds. The molecule has 0 bridgehead atoms. The molecule has 1 N–H and O–H groups in total. The molecule has 4 heteroatoms. The highest BCUT2D eigenvalue weighted by Gasteiger charge is 2.00. The number of carbonyl (C=O) groups excluding carboxylic acids is 1. The maximum Gasteiger partial charge on any atom is 0.310 e. The third kappa shape index (κ3) is 20.7. The molecule has 4 nitrogen and oxygen atoms in total. The first-order valence-electron chi connectivity index (χ1n) is 10.7. The van der Waals surface area contributed by atoms with E-state index in [1.54, 1.807) is 0 Å². The van der Waals surface area contributed by atoms with E-state index in [1.165, 1.54) is 83.3 Å². The van der Waals surface area contributed by atoms with Gasteiger partial charge in [0, 0.05) is 12.8 Å². The van der Waals surface area contributed by atoms with Crippen LogP contribution in [0.1, 0.15) is 116 Å². The number of carboxylic acids is 1. The number of hydrogen-bond donors (Lipinski definition) is 1. The van der Waals surface area contributed by atoms with Crippen LogP contribution in [0, 0.1) is 0 Å². The van der Waals surface area contributed by atoms with Crippen molar-refractivity contribution in [3.63, 3.8) is 0 Å². The van der Waals surface area contributed by atoms with Gasteiger partial charge in [-0.25, -0.2) is 0 Å². The Labute approximate surface area is 160 Å². The summed E-state index contributed by atoms with van der Waals surface area (Å²) < 4.78 is 4.68. The molecule has 0 rings (SSSR count). The minimum Gasteiger partial charge on any atom is -0.481 e. The summed E-state index contributed by atoms with van der Waals surface area (Å²) in [4.78, 5) is 21.5. The number of hydrogen-bond acceptors (Lipinski definition) is 3. The minimum absolute atomic E-state index is 0.168. The number of esters is 1. The molecule has 0 heterocycles. The van der Waals surface area contributed by atoms with Gasteiger partial charge in [-0.2, -0.15) is 0 Å². The Morgan fingerprint density at radius 2 is 0.923 bits per heavy atom. The second-order valence-electron chi connectivity index (χ2n) is 7.21. The molecular weight excluding hydrogens is 328 g/mol. The minimum atomic E-state index is -0.671. The van der Waals surface area contributed by atoms with Crippen molar-refractivity contribution >= 4 is 11.9 Å². The Morgan fingerprint density at radius 3 is 1.23 bits per heavy atom. The van der Waals surface area contributed by atoms with E-state index in [1.807, 2.05) is 0 Å². The normalized spacial score (nSPS) is 10.6. The maximum absolute atomic E-state index is 11.1. The molecule has 0 fully saturated rings. The number of carbonyl (C=O) groups is 2. The molecule has 0 aliphatic heterocycles. The third-order valence-corrected chi connectivity index (χ3v) is 4.74. The lowest BCUT2D eigenvalue weighted by atomic mass is 10.0. The van der Waals surface area contributed by atoms with Gasteiger partial charge in [-0.05, 0) is 12.8 Å². The van der Waals surface area contributed by atoms with E-state index in [9.17, 15) is 9.59 Å². The van der Waals surface area contributed by atoms with Gasteiger partial charge in [0.2, 0.25) is 0 Å². The zero-order valence-corrected chi connectivity index (χ0v) is 16.7. The van der Waals surface area contributed by atoms with E-state index in [0.717, 1.165) is 25.7 Å². The van der Waals surface area contributed by atoms with E-state index >= 15 is 0 Å². The van der Waals surface area contributed by atoms with Crippen molar-refractivity contribution in [1.82, 2.24) is 0 Å². The van der Waals surface area contributed by atoms with Gasteiger partial charge in [0.1, 0.15) is 0 Å². The van der Waals surface area contributed by atoms with E-state index in [2.05, 4.69) is 11.3 Å². The van der Waals surface area contributed by atoms with Crippen LogP contribution in [0.15, 0.2) is 12.8 Å². The molecule has 0 saturated carbocycles. The third-order valence-electron chi connectivity index (χ3n) is 4.74. The van der Waals surface area contributed by atoms with Crippen molar-refractivity contribution in [3.8, 4) is 0 Å². The van der Waals surface area contributed by atoms with Crippen LogP contribution in [0.4, 0.5) is 0 Å². The van der Waals surface area contributed by atoms with Crippen molar-refractivity contribution in [1.29, 1.82) is 0 Å². The van der Waals surface area contributed by atoms with Crippen molar-refractivity contribution in [2.45, 2.75) is 116 Å². The van der Waals surface area contributed by atoms with Gasteiger partial charge in [0.05, 0.1) is 6.26 Å². The van der Waals surface area contributed by atoms with Gasteiger partial charge in [0.25, 0.3) is 0 Å². The summed E-state index contributed by atoms with van der Waals surface area (Å²) in [5.74, 6) is -0.839. The Hall–Kier alpha value is -1.32. The molecule has 0 aliphatic carbocycles. The van der Waals surface area contributed by atoms with Gasteiger partial charge in [-0.15, -0.1) is 0 Å². The summed E-state index contributed by atoms with van der Waals surface area (Å²) in [6, 6.07) is 0. The highest BCUT2D eigenvalue weighted by Crippen LogP contribution is 2.14. The number of unbranched alkanes of at least 4 members (excludes halogenated alkanes) is 15. The molecule has 0 spiro atoms. The standard InChI is InChI=1S/C22H40O4/c1-2-26-22(25)20-18-16-14-12-10-8-6-4-3-5-7-9-11-13-15-17-19-21(23)24/h2H,1,3-20H2,(H,23,24). The molecule has 152 valence electrons. The fraction of sp³-hybridized carbons (Fsp3) is 0.818. The first kappa shape index (κ1) is 24.7. The van der Waals surface area contributed by atoms with Crippen LogP contribution in [0.3, 0.4) is 0 Å². The Morgan fingerprint density at radius 1 is 0.615 bits per heavy atom. The van der Waals surface area contributed by atoms with Crippen LogP contribution < -0.4 is 0 Å². The summed E-state index contributed by atoms with van der Waals surface area (Å²) in [5.41, 5.74) is 0. The predicted octanol–water partition coefficient (Wildman–Crippen LogP) is 6.78.